The maximum atomic E-state index is 10.9. The average molecular weight is 261 g/mol. The van der Waals surface area contributed by atoms with Gasteiger partial charge in [-0.1, -0.05) is 0 Å². The number of hydrogen-bond donors (Lipinski definition) is 1. The van der Waals surface area contributed by atoms with Gasteiger partial charge >= 0.3 is 0 Å². The largest absolute Gasteiger partial charge is 0.372 e. The molecule has 1 heterocycles. The van der Waals surface area contributed by atoms with Gasteiger partial charge in [-0.3, -0.25) is 4.98 Å². The van der Waals surface area contributed by atoms with Gasteiger partial charge in [0, 0.05) is 24.8 Å². The summed E-state index contributed by atoms with van der Waals surface area (Å²) >= 11 is 1.54. The lowest BCUT2D eigenvalue weighted by atomic mass is 10.5. The van der Waals surface area contributed by atoms with Crippen LogP contribution in [0.25, 0.3) is 0 Å². The standard InChI is InChI=1S/C9H15N3O2S2/c1-10-9-6-11-8(5-12-9)7-15-3-4-16(2,13)14/h5-6H,3-4,7H2,1-2H3,(H,10,12). The molecule has 0 aromatic carbocycles. The Morgan fingerprint density at radius 1 is 1.38 bits per heavy atom. The first-order valence-electron chi connectivity index (χ1n) is 4.75. The number of nitrogens with one attached hydrogen (secondary N) is 1. The summed E-state index contributed by atoms with van der Waals surface area (Å²) in [5, 5.41) is 2.88. The van der Waals surface area contributed by atoms with Crippen molar-refractivity contribution in [3.63, 3.8) is 0 Å². The first-order chi connectivity index (χ1) is 7.51. The Kier molecular flexibility index (Phi) is 5.01. The first kappa shape index (κ1) is 13.2. The number of anilines is 1. The molecular weight excluding hydrogens is 246 g/mol. The Balaban J connectivity index is 2.32. The van der Waals surface area contributed by atoms with Crippen molar-refractivity contribution in [2.75, 3.05) is 30.1 Å². The van der Waals surface area contributed by atoms with E-state index in [1.54, 1.807) is 31.2 Å². The normalized spacial score (nSPS) is 11.4. The molecule has 7 heteroatoms. The third-order valence-corrected chi connectivity index (χ3v) is 4.01. The molecule has 0 aliphatic rings. The smallest absolute Gasteiger partial charge is 0.148 e. The zero-order chi connectivity index (χ0) is 12.0. The Bertz CT molecular complexity index is 417. The molecule has 1 aromatic heterocycles. The Morgan fingerprint density at radius 3 is 2.62 bits per heavy atom. The fourth-order valence-electron chi connectivity index (χ4n) is 0.945. The molecule has 0 spiro atoms. The van der Waals surface area contributed by atoms with Crippen molar-refractivity contribution in [3.05, 3.63) is 18.1 Å². The number of sulfone groups is 1. The van der Waals surface area contributed by atoms with Crippen molar-refractivity contribution in [1.82, 2.24) is 9.97 Å². The van der Waals surface area contributed by atoms with Gasteiger partial charge in [0.2, 0.25) is 0 Å². The van der Waals surface area contributed by atoms with Crippen LogP contribution in [0.5, 0.6) is 0 Å². The zero-order valence-corrected chi connectivity index (χ0v) is 10.9. The van der Waals surface area contributed by atoms with E-state index in [1.165, 1.54) is 6.26 Å². The van der Waals surface area contributed by atoms with Crippen LogP contribution in [0.2, 0.25) is 0 Å². The highest BCUT2D eigenvalue weighted by atomic mass is 32.2. The van der Waals surface area contributed by atoms with Crippen LogP contribution >= 0.6 is 11.8 Å². The molecule has 0 radical (unpaired) electrons. The van der Waals surface area contributed by atoms with Gasteiger partial charge in [0.15, 0.2) is 0 Å². The second-order valence-electron chi connectivity index (χ2n) is 3.33. The Morgan fingerprint density at radius 2 is 2.12 bits per heavy atom. The van der Waals surface area contributed by atoms with E-state index >= 15 is 0 Å². The maximum absolute atomic E-state index is 10.9. The first-order valence-corrected chi connectivity index (χ1v) is 7.97. The molecule has 0 saturated heterocycles. The summed E-state index contributed by atoms with van der Waals surface area (Å²) in [6.45, 7) is 0. The van der Waals surface area contributed by atoms with E-state index in [4.69, 9.17) is 0 Å². The highest BCUT2D eigenvalue weighted by molar-refractivity contribution is 7.99. The van der Waals surface area contributed by atoms with Crippen LogP contribution in [-0.2, 0) is 15.6 Å². The van der Waals surface area contributed by atoms with Crippen LogP contribution in [0, 0.1) is 0 Å². The highest BCUT2D eigenvalue weighted by Gasteiger charge is 2.02. The van der Waals surface area contributed by atoms with Crippen molar-refractivity contribution in [1.29, 1.82) is 0 Å². The van der Waals surface area contributed by atoms with Crippen molar-refractivity contribution >= 4 is 27.4 Å². The fraction of sp³-hybridized carbons (Fsp3) is 0.556. The molecule has 1 N–H and O–H groups in total. The lowest BCUT2D eigenvalue weighted by Crippen LogP contribution is -2.05. The highest BCUT2D eigenvalue weighted by Crippen LogP contribution is 2.10. The number of aromatic nitrogens is 2. The van der Waals surface area contributed by atoms with Crippen LogP contribution in [0.15, 0.2) is 12.4 Å². The molecule has 1 aromatic rings. The molecule has 0 saturated carbocycles. The van der Waals surface area contributed by atoms with Gasteiger partial charge in [0.1, 0.15) is 15.7 Å². The minimum absolute atomic E-state index is 0.208. The minimum Gasteiger partial charge on any atom is -0.372 e. The summed E-state index contributed by atoms with van der Waals surface area (Å²) in [6, 6.07) is 0. The van der Waals surface area contributed by atoms with E-state index in [9.17, 15) is 8.42 Å². The second-order valence-corrected chi connectivity index (χ2v) is 6.69. The molecule has 16 heavy (non-hydrogen) atoms. The number of nitrogens with zero attached hydrogens (tertiary/aromatic N) is 2. The molecule has 5 nitrogen and oxygen atoms in total. The van der Waals surface area contributed by atoms with Crippen LogP contribution in [0.3, 0.4) is 0 Å². The fourth-order valence-corrected chi connectivity index (χ4v) is 3.13. The van der Waals surface area contributed by atoms with Crippen molar-refractivity contribution in [2.24, 2.45) is 0 Å². The van der Waals surface area contributed by atoms with Gasteiger partial charge in [-0.05, 0) is 0 Å². The monoisotopic (exact) mass is 261 g/mol. The van der Waals surface area contributed by atoms with E-state index < -0.39 is 9.84 Å². The summed E-state index contributed by atoms with van der Waals surface area (Å²) in [5.74, 6) is 2.21. The topological polar surface area (TPSA) is 72.0 Å². The van der Waals surface area contributed by atoms with E-state index in [2.05, 4.69) is 15.3 Å². The van der Waals surface area contributed by atoms with Gasteiger partial charge in [-0.25, -0.2) is 13.4 Å². The van der Waals surface area contributed by atoms with E-state index in [1.807, 2.05) is 0 Å². The summed E-state index contributed by atoms with van der Waals surface area (Å²) in [4.78, 5) is 8.31. The summed E-state index contributed by atoms with van der Waals surface area (Å²) < 4.78 is 21.8. The molecule has 0 aliphatic heterocycles. The molecule has 0 fully saturated rings. The average Bonchev–Trinajstić information content (AvgIpc) is 2.24. The maximum Gasteiger partial charge on any atom is 0.148 e. The SMILES string of the molecule is CNc1cnc(CSCCS(C)(=O)=O)cn1. The van der Waals surface area contributed by atoms with Gasteiger partial charge in [0.25, 0.3) is 0 Å². The van der Waals surface area contributed by atoms with Crippen molar-refractivity contribution < 1.29 is 8.42 Å². The van der Waals surface area contributed by atoms with Gasteiger partial charge in [0.05, 0.1) is 23.8 Å². The van der Waals surface area contributed by atoms with E-state index in [0.29, 0.717) is 11.5 Å². The zero-order valence-electron chi connectivity index (χ0n) is 9.30. The minimum atomic E-state index is -2.86. The van der Waals surface area contributed by atoms with Crippen molar-refractivity contribution in [2.45, 2.75) is 5.75 Å². The van der Waals surface area contributed by atoms with Crippen LogP contribution < -0.4 is 5.32 Å². The quantitative estimate of drug-likeness (QED) is 0.764. The van der Waals surface area contributed by atoms with E-state index in [0.717, 1.165) is 11.5 Å². The molecular formula is C9H15N3O2S2. The second kappa shape index (κ2) is 6.05. The number of hydrogen-bond acceptors (Lipinski definition) is 6. The number of thioether (sulfide) groups is 1. The lowest BCUT2D eigenvalue weighted by molar-refractivity contribution is 0.603. The molecule has 1 rings (SSSR count). The summed E-state index contributed by atoms with van der Waals surface area (Å²) in [7, 11) is -1.07. The van der Waals surface area contributed by atoms with Crippen molar-refractivity contribution in [3.8, 4) is 0 Å². The van der Waals surface area contributed by atoms with Crippen LogP contribution in [0.4, 0.5) is 5.82 Å². The Labute approximate surface area is 100.0 Å². The summed E-state index contributed by atoms with van der Waals surface area (Å²) in [6.07, 6.45) is 4.60. The van der Waals surface area contributed by atoms with Gasteiger partial charge in [-0.2, -0.15) is 11.8 Å². The molecule has 0 bridgehead atoms. The van der Waals surface area contributed by atoms with Crippen LogP contribution in [-0.4, -0.2) is 43.2 Å². The van der Waals surface area contributed by atoms with Crippen LogP contribution in [0.1, 0.15) is 5.69 Å². The molecule has 0 amide bonds. The predicted octanol–water partition coefficient (Wildman–Crippen LogP) is 0.796. The third kappa shape index (κ3) is 5.32. The molecule has 0 atom stereocenters. The molecule has 90 valence electrons. The lowest BCUT2D eigenvalue weighted by Gasteiger charge is -2.02. The van der Waals surface area contributed by atoms with Gasteiger partial charge in [-0.15, -0.1) is 0 Å². The summed E-state index contributed by atoms with van der Waals surface area (Å²) in [5.41, 5.74) is 0.859. The Hall–Kier alpha value is -0.820. The third-order valence-electron chi connectivity index (χ3n) is 1.81. The molecule has 0 aliphatic carbocycles. The predicted molar refractivity (Wildman–Crippen MR) is 67.5 cm³/mol. The van der Waals surface area contributed by atoms with Gasteiger partial charge < -0.3 is 5.32 Å². The van der Waals surface area contributed by atoms with E-state index in [-0.39, 0.29) is 5.75 Å². The molecule has 0 unspecified atom stereocenters. The number of rotatable bonds is 6.